The number of sulfonamides is 1. The van der Waals surface area contributed by atoms with E-state index in [1.54, 1.807) is 6.07 Å². The van der Waals surface area contributed by atoms with Crippen molar-refractivity contribution in [3.8, 4) is 5.88 Å². The third kappa shape index (κ3) is 3.06. The average Bonchev–Trinajstić information content (AvgIpc) is 2.59. The van der Waals surface area contributed by atoms with Gasteiger partial charge in [-0.2, -0.15) is 4.31 Å². The largest absolute Gasteiger partial charge is 0.472 e. The van der Waals surface area contributed by atoms with Crippen LogP contribution in [0.2, 0.25) is 0 Å². The zero-order valence-corrected chi connectivity index (χ0v) is 15.5. The molecule has 26 heavy (non-hydrogen) atoms. The number of aryl methyl sites for hydroxylation is 2. The van der Waals surface area contributed by atoms with Gasteiger partial charge in [0.1, 0.15) is 6.10 Å². The first-order valence-electron chi connectivity index (χ1n) is 8.53. The van der Waals surface area contributed by atoms with E-state index in [2.05, 4.69) is 4.98 Å². The number of rotatable bonds is 4. The highest BCUT2D eigenvalue weighted by Crippen LogP contribution is 2.27. The Balaban J connectivity index is 1.46. The van der Waals surface area contributed by atoms with Crippen molar-refractivity contribution in [2.24, 2.45) is 0 Å². The second kappa shape index (κ2) is 6.37. The highest BCUT2D eigenvalue weighted by Gasteiger charge is 2.39. The topological polar surface area (TPSA) is 59.5 Å². The summed E-state index contributed by atoms with van der Waals surface area (Å²) in [6, 6.07) is 17.1. The lowest BCUT2D eigenvalue weighted by molar-refractivity contribution is 0.0724. The summed E-state index contributed by atoms with van der Waals surface area (Å²) in [4.78, 5) is 4.85. The number of pyridine rings is 1. The third-order valence-corrected chi connectivity index (χ3v) is 6.61. The smallest absolute Gasteiger partial charge is 0.243 e. The molecule has 4 rings (SSSR count). The molecule has 0 saturated carbocycles. The minimum Gasteiger partial charge on any atom is -0.472 e. The van der Waals surface area contributed by atoms with Crippen LogP contribution in [-0.4, -0.2) is 36.9 Å². The first-order chi connectivity index (χ1) is 12.4. The van der Waals surface area contributed by atoms with Gasteiger partial charge >= 0.3 is 0 Å². The summed E-state index contributed by atoms with van der Waals surface area (Å²) in [7, 11) is -3.48. The van der Waals surface area contributed by atoms with Crippen LogP contribution in [0.1, 0.15) is 11.1 Å². The fraction of sp³-hybridized carbons (Fsp3) is 0.250. The Hall–Kier alpha value is -2.44. The number of benzene rings is 2. The quantitative estimate of drug-likeness (QED) is 0.709. The molecule has 0 amide bonds. The minimum absolute atomic E-state index is 0.177. The normalized spacial score (nSPS) is 15.8. The Morgan fingerprint density at radius 1 is 1.04 bits per heavy atom. The van der Waals surface area contributed by atoms with Crippen LogP contribution in [-0.2, 0) is 10.0 Å². The fourth-order valence-electron chi connectivity index (χ4n) is 3.08. The van der Waals surface area contributed by atoms with Crippen molar-refractivity contribution in [2.75, 3.05) is 13.1 Å². The predicted octanol–water partition coefficient (Wildman–Crippen LogP) is 3.30. The zero-order valence-electron chi connectivity index (χ0n) is 14.7. The van der Waals surface area contributed by atoms with E-state index in [1.807, 2.05) is 62.4 Å². The van der Waals surface area contributed by atoms with Gasteiger partial charge in [0, 0.05) is 11.5 Å². The van der Waals surface area contributed by atoms with Crippen molar-refractivity contribution in [3.05, 3.63) is 65.7 Å². The highest BCUT2D eigenvalue weighted by atomic mass is 32.2. The molecule has 3 aromatic rings. The van der Waals surface area contributed by atoms with E-state index in [9.17, 15) is 8.42 Å². The summed E-state index contributed by atoms with van der Waals surface area (Å²) in [5.74, 6) is 0.525. The molecule has 0 aliphatic carbocycles. The molecule has 0 N–H and O–H groups in total. The van der Waals surface area contributed by atoms with E-state index in [1.165, 1.54) is 4.31 Å². The van der Waals surface area contributed by atoms with Gasteiger partial charge < -0.3 is 4.74 Å². The molecule has 5 nitrogen and oxygen atoms in total. The van der Waals surface area contributed by atoms with Gasteiger partial charge in [-0.05, 0) is 43.2 Å². The Labute approximate surface area is 153 Å². The van der Waals surface area contributed by atoms with Crippen LogP contribution in [0.5, 0.6) is 5.88 Å². The molecule has 1 aliphatic rings. The van der Waals surface area contributed by atoms with Crippen molar-refractivity contribution < 1.29 is 13.2 Å². The van der Waals surface area contributed by atoms with Crippen molar-refractivity contribution >= 4 is 20.9 Å². The lowest BCUT2D eigenvalue weighted by atomic mass is 10.2. The van der Waals surface area contributed by atoms with Gasteiger partial charge in [0.05, 0.1) is 23.5 Å². The van der Waals surface area contributed by atoms with Gasteiger partial charge in [-0.1, -0.05) is 30.3 Å². The molecule has 0 radical (unpaired) electrons. The van der Waals surface area contributed by atoms with E-state index in [4.69, 9.17) is 4.74 Å². The van der Waals surface area contributed by atoms with Crippen molar-refractivity contribution in [2.45, 2.75) is 24.8 Å². The van der Waals surface area contributed by atoms with E-state index >= 15 is 0 Å². The van der Waals surface area contributed by atoms with Crippen LogP contribution in [0.25, 0.3) is 10.9 Å². The Morgan fingerprint density at radius 2 is 1.81 bits per heavy atom. The van der Waals surface area contributed by atoms with Crippen LogP contribution in [0.15, 0.2) is 59.5 Å². The molecule has 0 atom stereocenters. The lowest BCUT2D eigenvalue weighted by Crippen LogP contribution is -2.56. The molecular formula is C20H20N2O3S. The molecule has 134 valence electrons. The fourth-order valence-corrected chi connectivity index (χ4v) is 4.89. The molecule has 0 unspecified atom stereocenters. The molecule has 0 bridgehead atoms. The summed E-state index contributed by atoms with van der Waals surface area (Å²) in [5.41, 5.74) is 2.56. The number of para-hydroxylation sites is 1. The van der Waals surface area contributed by atoms with E-state index in [0.29, 0.717) is 23.9 Å². The standard InChI is InChI=1S/C20H20N2O3S/c1-14-7-8-15(2)19(11-14)26(23,24)22-12-17(13-22)25-20-10-9-16-5-3-4-6-18(16)21-20/h3-11,17H,12-13H2,1-2H3. The monoisotopic (exact) mass is 368 g/mol. The number of hydrogen-bond acceptors (Lipinski definition) is 4. The van der Waals surface area contributed by atoms with E-state index in [0.717, 1.165) is 22.0 Å². The van der Waals surface area contributed by atoms with Gasteiger partial charge in [0.2, 0.25) is 15.9 Å². The Kier molecular flexibility index (Phi) is 4.17. The van der Waals surface area contributed by atoms with Crippen LogP contribution < -0.4 is 4.74 Å². The van der Waals surface area contributed by atoms with Crippen LogP contribution >= 0.6 is 0 Å². The second-order valence-corrected chi connectivity index (χ2v) is 8.58. The summed E-state index contributed by atoms with van der Waals surface area (Å²) in [6.07, 6.45) is -0.177. The van der Waals surface area contributed by atoms with E-state index < -0.39 is 10.0 Å². The average molecular weight is 368 g/mol. The first-order valence-corrected chi connectivity index (χ1v) is 9.97. The van der Waals surface area contributed by atoms with Gasteiger partial charge in [-0.15, -0.1) is 0 Å². The maximum Gasteiger partial charge on any atom is 0.243 e. The summed E-state index contributed by atoms with van der Waals surface area (Å²) in [5, 5.41) is 1.05. The number of ether oxygens (including phenoxy) is 1. The minimum atomic E-state index is -3.48. The number of nitrogens with zero attached hydrogens (tertiary/aromatic N) is 2. The third-order valence-electron chi connectivity index (χ3n) is 4.64. The van der Waals surface area contributed by atoms with Gasteiger partial charge in [-0.25, -0.2) is 13.4 Å². The molecule has 2 aromatic carbocycles. The Bertz CT molecular complexity index is 1070. The van der Waals surface area contributed by atoms with Crippen LogP contribution in [0.3, 0.4) is 0 Å². The molecule has 1 fully saturated rings. The second-order valence-electron chi connectivity index (χ2n) is 6.67. The van der Waals surface area contributed by atoms with Gasteiger partial charge in [0.15, 0.2) is 0 Å². The summed E-state index contributed by atoms with van der Waals surface area (Å²) in [6.45, 7) is 4.39. The number of fused-ring (bicyclic) bond motifs is 1. The van der Waals surface area contributed by atoms with Gasteiger partial charge in [0.25, 0.3) is 0 Å². The molecule has 0 spiro atoms. The first kappa shape index (κ1) is 17.0. The summed E-state index contributed by atoms with van der Waals surface area (Å²) < 4.78 is 32.9. The SMILES string of the molecule is Cc1ccc(C)c(S(=O)(=O)N2CC(Oc3ccc4ccccc4n3)C2)c1. The molecule has 2 heterocycles. The molecule has 1 aromatic heterocycles. The highest BCUT2D eigenvalue weighted by molar-refractivity contribution is 7.89. The number of aromatic nitrogens is 1. The van der Waals surface area contributed by atoms with Crippen LogP contribution in [0.4, 0.5) is 0 Å². The Morgan fingerprint density at radius 3 is 2.62 bits per heavy atom. The summed E-state index contributed by atoms with van der Waals surface area (Å²) >= 11 is 0. The zero-order chi connectivity index (χ0) is 18.3. The lowest BCUT2D eigenvalue weighted by Gasteiger charge is -2.37. The molecule has 1 aliphatic heterocycles. The molecule has 6 heteroatoms. The maximum atomic E-state index is 12.8. The van der Waals surface area contributed by atoms with Crippen molar-refractivity contribution in [3.63, 3.8) is 0 Å². The maximum absolute atomic E-state index is 12.8. The van der Waals surface area contributed by atoms with Crippen LogP contribution in [0, 0.1) is 13.8 Å². The van der Waals surface area contributed by atoms with Crippen molar-refractivity contribution in [1.82, 2.24) is 9.29 Å². The molecule has 1 saturated heterocycles. The van der Waals surface area contributed by atoms with Gasteiger partial charge in [-0.3, -0.25) is 0 Å². The predicted molar refractivity (Wildman–Crippen MR) is 101 cm³/mol. The molecular weight excluding hydrogens is 348 g/mol. The van der Waals surface area contributed by atoms with E-state index in [-0.39, 0.29) is 6.10 Å². The van der Waals surface area contributed by atoms with Crippen molar-refractivity contribution in [1.29, 1.82) is 0 Å². The number of hydrogen-bond donors (Lipinski definition) is 0.